The van der Waals surface area contributed by atoms with Crippen molar-refractivity contribution in [2.24, 2.45) is 0 Å². The maximum absolute atomic E-state index is 13.0. The van der Waals surface area contributed by atoms with Gasteiger partial charge in [0.05, 0.1) is 0 Å². The largest absolute Gasteiger partial charge is 0.336 e. The summed E-state index contributed by atoms with van der Waals surface area (Å²) in [5.41, 5.74) is 3.66. The highest BCUT2D eigenvalue weighted by molar-refractivity contribution is 5.93. The topological polar surface area (TPSA) is 20.3 Å². The van der Waals surface area contributed by atoms with Gasteiger partial charge in [0.2, 0.25) is 5.91 Å². The lowest BCUT2D eigenvalue weighted by atomic mass is 10.0. The third-order valence-electron chi connectivity index (χ3n) is 4.79. The molecule has 1 aromatic rings. The van der Waals surface area contributed by atoms with Crippen LogP contribution in [0.15, 0.2) is 35.9 Å². The number of benzene rings is 1. The van der Waals surface area contributed by atoms with Crippen LogP contribution in [0.25, 0.3) is 0 Å². The number of amides is 1. The van der Waals surface area contributed by atoms with Crippen LogP contribution in [-0.2, 0) is 11.2 Å². The van der Waals surface area contributed by atoms with E-state index in [0.717, 1.165) is 37.8 Å². The van der Waals surface area contributed by atoms with Crippen LogP contribution in [0, 0.1) is 6.92 Å². The van der Waals surface area contributed by atoms with E-state index in [1.54, 1.807) is 0 Å². The van der Waals surface area contributed by atoms with Gasteiger partial charge in [0.25, 0.3) is 0 Å². The molecule has 1 aliphatic rings. The smallest absolute Gasteiger partial charge is 0.249 e. The van der Waals surface area contributed by atoms with Gasteiger partial charge in [0, 0.05) is 18.2 Å². The summed E-state index contributed by atoms with van der Waals surface area (Å²) < 4.78 is 0. The van der Waals surface area contributed by atoms with Crippen molar-refractivity contribution < 1.29 is 4.79 Å². The van der Waals surface area contributed by atoms with Crippen molar-refractivity contribution in [3.63, 3.8) is 0 Å². The summed E-state index contributed by atoms with van der Waals surface area (Å²) in [7, 11) is 0. The predicted molar refractivity (Wildman–Crippen MR) is 102 cm³/mol. The molecule has 0 spiro atoms. The molecule has 1 amide bonds. The first-order valence-corrected chi connectivity index (χ1v) is 9.71. The van der Waals surface area contributed by atoms with Crippen LogP contribution in [0.3, 0.4) is 0 Å². The molecule has 1 aromatic carbocycles. The van der Waals surface area contributed by atoms with Crippen LogP contribution < -0.4 is 0 Å². The third kappa shape index (κ3) is 5.81. The Morgan fingerprint density at radius 3 is 2.46 bits per heavy atom. The minimum atomic E-state index is 0.294. The SMILES string of the molecule is CCC=C(CCCCC)C(=O)N(CCc1ccc(C)cc1)C1CC1. The van der Waals surface area contributed by atoms with Crippen molar-refractivity contribution >= 4 is 5.91 Å². The number of carbonyl (C=O) groups excluding carboxylic acids is 1. The molecule has 1 aliphatic carbocycles. The number of carbonyl (C=O) groups is 1. The number of hydrogen-bond donors (Lipinski definition) is 0. The van der Waals surface area contributed by atoms with E-state index in [1.165, 1.54) is 36.8 Å². The van der Waals surface area contributed by atoms with Crippen LogP contribution >= 0.6 is 0 Å². The Labute approximate surface area is 147 Å². The highest BCUT2D eigenvalue weighted by Gasteiger charge is 2.33. The van der Waals surface area contributed by atoms with Crippen molar-refractivity contribution in [2.75, 3.05) is 6.54 Å². The minimum Gasteiger partial charge on any atom is -0.336 e. The van der Waals surface area contributed by atoms with Gasteiger partial charge >= 0.3 is 0 Å². The van der Waals surface area contributed by atoms with Gasteiger partial charge in [-0.3, -0.25) is 4.79 Å². The lowest BCUT2D eigenvalue weighted by molar-refractivity contribution is -0.127. The summed E-state index contributed by atoms with van der Waals surface area (Å²) in [5, 5.41) is 0. The van der Waals surface area contributed by atoms with Crippen molar-refractivity contribution in [3.8, 4) is 0 Å². The van der Waals surface area contributed by atoms with E-state index in [2.05, 4.69) is 56.0 Å². The van der Waals surface area contributed by atoms with Gasteiger partial charge in [0.1, 0.15) is 0 Å². The fraction of sp³-hybridized carbons (Fsp3) is 0.591. The Morgan fingerprint density at radius 1 is 1.17 bits per heavy atom. The van der Waals surface area contributed by atoms with E-state index < -0.39 is 0 Å². The lowest BCUT2D eigenvalue weighted by Gasteiger charge is -2.24. The number of nitrogens with zero attached hydrogens (tertiary/aromatic N) is 1. The van der Waals surface area contributed by atoms with Crippen LogP contribution in [0.2, 0.25) is 0 Å². The molecule has 0 heterocycles. The monoisotopic (exact) mass is 327 g/mol. The summed E-state index contributed by atoms with van der Waals surface area (Å²) in [6.07, 6.45) is 10.9. The van der Waals surface area contributed by atoms with Gasteiger partial charge < -0.3 is 4.90 Å². The van der Waals surface area contributed by atoms with E-state index in [9.17, 15) is 4.79 Å². The number of hydrogen-bond acceptors (Lipinski definition) is 1. The molecule has 0 aromatic heterocycles. The summed E-state index contributed by atoms with van der Waals surface area (Å²) in [6, 6.07) is 9.18. The van der Waals surface area contributed by atoms with Gasteiger partial charge in [-0.05, 0) is 51.0 Å². The van der Waals surface area contributed by atoms with Crippen LogP contribution in [0.4, 0.5) is 0 Å². The summed E-state index contributed by atoms with van der Waals surface area (Å²) in [6.45, 7) is 7.30. The van der Waals surface area contributed by atoms with Crippen LogP contribution in [-0.4, -0.2) is 23.4 Å². The second-order valence-corrected chi connectivity index (χ2v) is 7.06. The van der Waals surface area contributed by atoms with Gasteiger partial charge in [-0.1, -0.05) is 62.6 Å². The van der Waals surface area contributed by atoms with E-state index in [0.29, 0.717) is 11.9 Å². The average molecular weight is 328 g/mol. The van der Waals surface area contributed by atoms with Gasteiger partial charge in [-0.15, -0.1) is 0 Å². The summed E-state index contributed by atoms with van der Waals surface area (Å²) >= 11 is 0. The molecular weight excluding hydrogens is 294 g/mol. The number of aryl methyl sites for hydroxylation is 1. The zero-order valence-corrected chi connectivity index (χ0v) is 15.7. The fourth-order valence-electron chi connectivity index (χ4n) is 3.13. The maximum atomic E-state index is 13.0. The molecule has 2 heteroatoms. The van der Waals surface area contributed by atoms with Crippen molar-refractivity contribution in [1.29, 1.82) is 0 Å². The molecule has 0 bridgehead atoms. The van der Waals surface area contributed by atoms with E-state index >= 15 is 0 Å². The first-order chi connectivity index (χ1) is 11.7. The van der Waals surface area contributed by atoms with Gasteiger partial charge in [-0.2, -0.15) is 0 Å². The molecule has 2 rings (SSSR count). The molecule has 0 radical (unpaired) electrons. The fourth-order valence-corrected chi connectivity index (χ4v) is 3.13. The molecule has 0 aliphatic heterocycles. The van der Waals surface area contributed by atoms with Gasteiger partial charge in [0.15, 0.2) is 0 Å². The highest BCUT2D eigenvalue weighted by Crippen LogP contribution is 2.29. The minimum absolute atomic E-state index is 0.294. The molecule has 0 atom stereocenters. The average Bonchev–Trinajstić information content (AvgIpc) is 3.41. The van der Waals surface area contributed by atoms with Crippen molar-refractivity contribution in [3.05, 3.63) is 47.0 Å². The van der Waals surface area contributed by atoms with E-state index in [-0.39, 0.29) is 0 Å². The van der Waals surface area contributed by atoms with Crippen molar-refractivity contribution in [1.82, 2.24) is 4.90 Å². The molecule has 2 nitrogen and oxygen atoms in total. The zero-order chi connectivity index (χ0) is 17.4. The maximum Gasteiger partial charge on any atom is 0.249 e. The Kier molecular flexibility index (Phi) is 7.55. The quantitative estimate of drug-likeness (QED) is 0.413. The number of unbranched alkanes of at least 4 members (excludes halogenated alkanes) is 2. The predicted octanol–water partition coefficient (Wildman–Crippen LogP) is 5.45. The lowest BCUT2D eigenvalue weighted by Crippen LogP contribution is -2.36. The molecule has 1 saturated carbocycles. The Hall–Kier alpha value is -1.57. The zero-order valence-electron chi connectivity index (χ0n) is 15.7. The summed E-state index contributed by atoms with van der Waals surface area (Å²) in [5.74, 6) is 0.294. The molecule has 0 unspecified atom stereocenters. The van der Waals surface area contributed by atoms with Crippen molar-refractivity contribution in [2.45, 2.75) is 78.2 Å². The molecule has 0 N–H and O–H groups in total. The molecule has 1 fully saturated rings. The third-order valence-corrected chi connectivity index (χ3v) is 4.79. The molecular formula is C22H33NO. The standard InChI is InChI=1S/C22H33NO/c1-4-6-7-9-20(8-5-2)22(24)23(21-14-15-21)17-16-19-12-10-18(3)11-13-19/h8,10-13,21H,4-7,9,14-17H2,1-3H3. The number of allylic oxidation sites excluding steroid dienone is 1. The second-order valence-electron chi connectivity index (χ2n) is 7.06. The van der Waals surface area contributed by atoms with Crippen LogP contribution in [0.1, 0.15) is 69.9 Å². The van der Waals surface area contributed by atoms with Gasteiger partial charge in [-0.25, -0.2) is 0 Å². The Morgan fingerprint density at radius 2 is 1.88 bits per heavy atom. The number of rotatable bonds is 10. The van der Waals surface area contributed by atoms with E-state index in [4.69, 9.17) is 0 Å². The molecule has 132 valence electrons. The first kappa shape index (κ1) is 18.8. The second kappa shape index (κ2) is 9.66. The molecule has 24 heavy (non-hydrogen) atoms. The first-order valence-electron chi connectivity index (χ1n) is 9.71. The highest BCUT2D eigenvalue weighted by atomic mass is 16.2. The Bertz CT molecular complexity index is 540. The molecule has 0 saturated heterocycles. The van der Waals surface area contributed by atoms with E-state index in [1.807, 2.05) is 0 Å². The summed E-state index contributed by atoms with van der Waals surface area (Å²) in [4.78, 5) is 15.2. The van der Waals surface area contributed by atoms with Crippen LogP contribution in [0.5, 0.6) is 0 Å². The normalized spacial score (nSPS) is 14.7. The Balaban J connectivity index is 1.98.